The molecule has 3 atom stereocenters. The molecule has 1 aromatic rings. The molecule has 2 bridgehead atoms. The maximum Gasteiger partial charge on any atom is 0.268 e. The number of β-amino-alcohol motifs (C(OH)–C–C–N with tert-alkyl or cyclic N) is 1. The number of tetrazole rings is 1. The molecule has 1 N–H and O–H groups in total. The molecule has 128 valence electrons. The highest BCUT2D eigenvalue weighted by atomic mass is 32.2. The van der Waals surface area contributed by atoms with E-state index in [0.29, 0.717) is 18.4 Å². The molecule has 0 aliphatic carbocycles. The summed E-state index contributed by atoms with van der Waals surface area (Å²) < 4.78 is 27.7. The Kier molecular flexibility index (Phi) is 3.95. The Labute approximate surface area is 137 Å². The molecule has 3 unspecified atom stereocenters. The SMILES string of the molecule is OC1(C(F)F)CCN(c2nnnn2CC2CC3CCC(C2)S3)C1. The van der Waals surface area contributed by atoms with Crippen LogP contribution in [0.5, 0.6) is 0 Å². The lowest BCUT2D eigenvalue weighted by molar-refractivity contribution is -0.0801. The van der Waals surface area contributed by atoms with Crippen molar-refractivity contribution < 1.29 is 13.9 Å². The fourth-order valence-corrected chi connectivity index (χ4v) is 5.93. The summed E-state index contributed by atoms with van der Waals surface area (Å²) in [5.41, 5.74) is -1.95. The van der Waals surface area contributed by atoms with Crippen LogP contribution in [-0.2, 0) is 6.54 Å². The van der Waals surface area contributed by atoms with Crippen LogP contribution in [0, 0.1) is 5.92 Å². The van der Waals surface area contributed by atoms with Gasteiger partial charge in [-0.05, 0) is 42.0 Å². The molecule has 3 aliphatic rings. The molecule has 3 aliphatic heterocycles. The maximum absolute atomic E-state index is 13.0. The van der Waals surface area contributed by atoms with E-state index in [1.807, 2.05) is 0 Å². The van der Waals surface area contributed by atoms with Crippen LogP contribution in [0.15, 0.2) is 0 Å². The minimum atomic E-state index is -2.75. The maximum atomic E-state index is 13.0. The number of halogens is 2. The average Bonchev–Trinajstić information content (AvgIpc) is 3.19. The summed E-state index contributed by atoms with van der Waals surface area (Å²) in [5.74, 6) is 1.06. The third-order valence-electron chi connectivity index (χ3n) is 5.30. The van der Waals surface area contributed by atoms with E-state index in [4.69, 9.17) is 0 Å². The van der Waals surface area contributed by atoms with Gasteiger partial charge in [0.05, 0.1) is 6.54 Å². The summed E-state index contributed by atoms with van der Waals surface area (Å²) in [5, 5.41) is 23.3. The second kappa shape index (κ2) is 5.84. The number of anilines is 1. The highest BCUT2D eigenvalue weighted by Gasteiger charge is 2.45. The van der Waals surface area contributed by atoms with Gasteiger partial charge in [-0.3, -0.25) is 0 Å². The van der Waals surface area contributed by atoms with E-state index in [9.17, 15) is 13.9 Å². The van der Waals surface area contributed by atoms with Crippen molar-refractivity contribution in [3.8, 4) is 0 Å². The molecule has 0 radical (unpaired) electrons. The topological polar surface area (TPSA) is 67.1 Å². The molecule has 0 saturated carbocycles. The van der Waals surface area contributed by atoms with E-state index in [1.54, 1.807) is 9.58 Å². The van der Waals surface area contributed by atoms with Crippen molar-refractivity contribution in [1.82, 2.24) is 20.2 Å². The van der Waals surface area contributed by atoms with Gasteiger partial charge in [0.2, 0.25) is 5.95 Å². The van der Waals surface area contributed by atoms with Crippen LogP contribution in [0.2, 0.25) is 0 Å². The van der Waals surface area contributed by atoms with Crippen molar-refractivity contribution in [3.63, 3.8) is 0 Å². The summed E-state index contributed by atoms with van der Waals surface area (Å²) in [6.45, 7) is 0.975. The van der Waals surface area contributed by atoms with E-state index >= 15 is 0 Å². The number of hydrogen-bond donors (Lipinski definition) is 1. The van der Waals surface area contributed by atoms with Gasteiger partial charge < -0.3 is 10.0 Å². The summed E-state index contributed by atoms with van der Waals surface area (Å²) in [6, 6.07) is 0. The molecule has 4 rings (SSSR count). The van der Waals surface area contributed by atoms with Gasteiger partial charge in [-0.1, -0.05) is 5.10 Å². The second-order valence-electron chi connectivity index (χ2n) is 7.03. The highest BCUT2D eigenvalue weighted by Crippen LogP contribution is 2.46. The molecule has 6 nitrogen and oxygen atoms in total. The molecule has 0 aromatic carbocycles. The predicted molar refractivity (Wildman–Crippen MR) is 82.7 cm³/mol. The Hall–Kier alpha value is -0.960. The lowest BCUT2D eigenvalue weighted by atomic mass is 9.99. The van der Waals surface area contributed by atoms with Crippen molar-refractivity contribution >= 4 is 17.7 Å². The number of hydrogen-bond acceptors (Lipinski definition) is 6. The summed E-state index contributed by atoms with van der Waals surface area (Å²) in [4.78, 5) is 1.68. The van der Waals surface area contributed by atoms with Crippen LogP contribution >= 0.6 is 11.8 Å². The first-order valence-electron chi connectivity index (χ1n) is 8.20. The van der Waals surface area contributed by atoms with Crippen LogP contribution in [0.4, 0.5) is 14.7 Å². The van der Waals surface area contributed by atoms with Gasteiger partial charge >= 0.3 is 0 Å². The quantitative estimate of drug-likeness (QED) is 0.893. The van der Waals surface area contributed by atoms with E-state index in [2.05, 4.69) is 27.3 Å². The molecule has 3 saturated heterocycles. The van der Waals surface area contributed by atoms with Gasteiger partial charge in [-0.15, -0.1) is 0 Å². The number of alkyl halides is 2. The van der Waals surface area contributed by atoms with Crippen molar-refractivity contribution in [2.45, 2.75) is 61.2 Å². The fourth-order valence-electron chi connectivity index (χ4n) is 4.07. The first-order chi connectivity index (χ1) is 11.0. The van der Waals surface area contributed by atoms with Crippen molar-refractivity contribution in [3.05, 3.63) is 0 Å². The zero-order chi connectivity index (χ0) is 16.0. The third-order valence-corrected chi connectivity index (χ3v) is 6.93. The smallest absolute Gasteiger partial charge is 0.268 e. The van der Waals surface area contributed by atoms with Crippen LogP contribution < -0.4 is 4.90 Å². The number of thioether (sulfide) groups is 1. The van der Waals surface area contributed by atoms with E-state index in [0.717, 1.165) is 17.0 Å². The van der Waals surface area contributed by atoms with Crippen molar-refractivity contribution in [1.29, 1.82) is 0 Å². The molecule has 0 spiro atoms. The van der Waals surface area contributed by atoms with Gasteiger partial charge in [0.1, 0.15) is 5.60 Å². The molecule has 23 heavy (non-hydrogen) atoms. The molecule has 4 heterocycles. The minimum absolute atomic E-state index is 0.0434. The number of aromatic nitrogens is 4. The molecular weight excluding hydrogens is 324 g/mol. The van der Waals surface area contributed by atoms with Gasteiger partial charge in [-0.25, -0.2) is 13.5 Å². The Morgan fingerprint density at radius 1 is 1.30 bits per heavy atom. The van der Waals surface area contributed by atoms with Gasteiger partial charge in [0.15, 0.2) is 0 Å². The van der Waals surface area contributed by atoms with Gasteiger partial charge in [0.25, 0.3) is 6.43 Å². The minimum Gasteiger partial charge on any atom is -0.382 e. The molecule has 3 fully saturated rings. The molecular formula is C14H21F2N5OS. The first kappa shape index (κ1) is 15.6. The zero-order valence-corrected chi connectivity index (χ0v) is 13.6. The Morgan fingerprint density at radius 2 is 2.04 bits per heavy atom. The first-order valence-corrected chi connectivity index (χ1v) is 9.15. The molecule has 0 amide bonds. The third kappa shape index (κ3) is 2.93. The lowest BCUT2D eigenvalue weighted by Crippen LogP contribution is -2.40. The Balaban J connectivity index is 1.45. The zero-order valence-electron chi connectivity index (χ0n) is 12.8. The van der Waals surface area contributed by atoms with Crippen LogP contribution in [0.1, 0.15) is 32.1 Å². The largest absolute Gasteiger partial charge is 0.382 e. The van der Waals surface area contributed by atoms with Crippen molar-refractivity contribution in [2.75, 3.05) is 18.0 Å². The monoisotopic (exact) mass is 345 g/mol. The number of nitrogens with zero attached hydrogens (tertiary/aromatic N) is 5. The average molecular weight is 345 g/mol. The summed E-state index contributed by atoms with van der Waals surface area (Å²) in [7, 11) is 0. The van der Waals surface area contributed by atoms with Crippen molar-refractivity contribution in [2.24, 2.45) is 5.92 Å². The second-order valence-corrected chi connectivity index (χ2v) is 8.64. The van der Waals surface area contributed by atoms with Crippen LogP contribution in [-0.4, -0.2) is 60.9 Å². The van der Waals surface area contributed by atoms with E-state index in [1.165, 1.54) is 25.7 Å². The van der Waals surface area contributed by atoms with Crippen LogP contribution in [0.3, 0.4) is 0 Å². The normalized spacial score (nSPS) is 37.0. The van der Waals surface area contributed by atoms with Gasteiger partial charge in [-0.2, -0.15) is 11.8 Å². The molecule has 1 aromatic heterocycles. The van der Waals surface area contributed by atoms with Gasteiger partial charge in [0, 0.05) is 30.0 Å². The van der Waals surface area contributed by atoms with E-state index in [-0.39, 0.29) is 13.0 Å². The summed E-state index contributed by atoms with van der Waals surface area (Å²) in [6.07, 6.45) is 2.27. The van der Waals surface area contributed by atoms with E-state index < -0.39 is 12.0 Å². The Bertz CT molecular complexity index is 561. The number of fused-ring (bicyclic) bond motifs is 2. The summed E-state index contributed by atoms with van der Waals surface area (Å²) >= 11 is 2.11. The number of aliphatic hydroxyl groups is 1. The standard InChI is InChI=1S/C14H21F2N5OS/c15-12(16)14(22)3-4-20(8-14)13-17-18-19-21(13)7-9-5-10-1-2-11(6-9)23-10/h9-12,22H,1-8H2. The highest BCUT2D eigenvalue weighted by molar-refractivity contribution is 8.00. The molecule has 9 heteroatoms. The lowest BCUT2D eigenvalue weighted by Gasteiger charge is -2.28. The van der Waals surface area contributed by atoms with Crippen LogP contribution in [0.25, 0.3) is 0 Å². The fraction of sp³-hybridized carbons (Fsp3) is 0.929. The Morgan fingerprint density at radius 3 is 2.70 bits per heavy atom. The number of rotatable bonds is 4. The predicted octanol–water partition coefficient (Wildman–Crippen LogP) is 1.55.